The predicted octanol–water partition coefficient (Wildman–Crippen LogP) is 4.65. The zero-order valence-electron chi connectivity index (χ0n) is 12.6. The van der Waals surface area contributed by atoms with Crippen LogP contribution in [0.15, 0.2) is 11.6 Å². The Hall–Kier alpha value is -0.600. The zero-order chi connectivity index (χ0) is 13.7. The van der Waals surface area contributed by atoms with E-state index in [1.54, 1.807) is 0 Å². The molecule has 0 fully saturated rings. The average molecular weight is 265 g/mol. The molecule has 1 N–H and O–H groups in total. The topological polar surface area (TPSA) is 12.0 Å². The van der Waals surface area contributed by atoms with Crippen molar-refractivity contribution in [1.29, 1.82) is 0 Å². The van der Waals surface area contributed by atoms with Gasteiger partial charge in [-0.2, -0.15) is 0 Å². The van der Waals surface area contributed by atoms with Crippen LogP contribution in [0, 0.1) is 25.7 Å². The van der Waals surface area contributed by atoms with Crippen molar-refractivity contribution in [3.63, 3.8) is 0 Å². The number of thiophene rings is 1. The second-order valence-electron chi connectivity index (χ2n) is 5.77. The van der Waals surface area contributed by atoms with Crippen LogP contribution in [0.4, 0.5) is 0 Å². The van der Waals surface area contributed by atoms with Gasteiger partial charge in [-0.1, -0.05) is 39.3 Å². The molecular formula is C16H27NS. The van der Waals surface area contributed by atoms with Crippen LogP contribution in [0.5, 0.6) is 0 Å². The van der Waals surface area contributed by atoms with E-state index >= 15 is 0 Å². The fourth-order valence-electron chi connectivity index (χ4n) is 1.92. The lowest BCUT2D eigenvalue weighted by Crippen LogP contribution is -2.23. The maximum atomic E-state index is 3.55. The highest BCUT2D eigenvalue weighted by Crippen LogP contribution is 2.24. The van der Waals surface area contributed by atoms with Crippen molar-refractivity contribution in [2.24, 2.45) is 11.8 Å². The molecule has 0 saturated carbocycles. The summed E-state index contributed by atoms with van der Waals surface area (Å²) in [5.74, 6) is 1.31. The van der Waals surface area contributed by atoms with Gasteiger partial charge in [-0.25, -0.2) is 0 Å². The van der Waals surface area contributed by atoms with Crippen LogP contribution >= 0.6 is 11.3 Å². The minimum absolute atomic E-state index is 0.601. The van der Waals surface area contributed by atoms with Gasteiger partial charge in [0.15, 0.2) is 0 Å². The molecule has 102 valence electrons. The fourth-order valence-corrected chi connectivity index (χ4v) is 2.83. The summed E-state index contributed by atoms with van der Waals surface area (Å²) in [7, 11) is 0. The normalized spacial score (nSPS) is 12.8. The van der Waals surface area contributed by atoms with Gasteiger partial charge in [0.25, 0.3) is 0 Å². The van der Waals surface area contributed by atoms with E-state index in [1.807, 2.05) is 11.3 Å². The van der Waals surface area contributed by atoms with Gasteiger partial charge >= 0.3 is 0 Å². The third-order valence-electron chi connectivity index (χ3n) is 3.04. The van der Waals surface area contributed by atoms with Gasteiger partial charge in [-0.3, -0.25) is 0 Å². The molecule has 0 aromatic carbocycles. The number of rotatable bonds is 6. The molecule has 0 atom stereocenters. The van der Waals surface area contributed by atoms with Crippen LogP contribution in [0.1, 0.15) is 43.0 Å². The Bertz CT molecular complexity index is 399. The number of hydrogen-bond donors (Lipinski definition) is 1. The van der Waals surface area contributed by atoms with Crippen LogP contribution < -0.4 is 5.32 Å². The molecule has 0 bridgehead atoms. The molecule has 0 spiro atoms. The first-order chi connectivity index (χ1) is 8.40. The van der Waals surface area contributed by atoms with Gasteiger partial charge in [0.2, 0.25) is 0 Å². The molecule has 2 heteroatoms. The Morgan fingerprint density at radius 3 is 2.39 bits per heavy atom. The van der Waals surface area contributed by atoms with Gasteiger partial charge in [-0.15, -0.1) is 11.3 Å². The second-order valence-corrected chi connectivity index (χ2v) is 7.23. The molecule has 1 rings (SSSR count). The van der Waals surface area contributed by atoms with Crippen molar-refractivity contribution < 1.29 is 0 Å². The largest absolute Gasteiger partial charge is 0.313 e. The predicted molar refractivity (Wildman–Crippen MR) is 84.3 cm³/mol. The lowest BCUT2D eigenvalue weighted by atomic mass is 10.00. The van der Waals surface area contributed by atoms with Crippen LogP contribution in [-0.2, 0) is 0 Å². The first kappa shape index (κ1) is 15.5. The van der Waals surface area contributed by atoms with Crippen LogP contribution in [0.3, 0.4) is 0 Å². The Morgan fingerprint density at radius 1 is 1.28 bits per heavy atom. The molecule has 1 nitrogen and oxygen atoms in total. The lowest BCUT2D eigenvalue weighted by Gasteiger charge is -2.14. The van der Waals surface area contributed by atoms with Crippen molar-refractivity contribution >= 4 is 17.4 Å². The Morgan fingerprint density at radius 2 is 1.94 bits per heavy atom. The van der Waals surface area contributed by atoms with Gasteiger partial charge in [0, 0.05) is 16.3 Å². The molecule has 0 unspecified atom stereocenters. The highest BCUT2D eigenvalue weighted by molar-refractivity contribution is 7.12. The van der Waals surface area contributed by atoms with Gasteiger partial charge in [-0.05, 0) is 43.9 Å². The lowest BCUT2D eigenvalue weighted by molar-refractivity contribution is 0.558. The first-order valence-electron chi connectivity index (χ1n) is 6.88. The van der Waals surface area contributed by atoms with Crippen molar-refractivity contribution in [3.8, 4) is 0 Å². The molecule has 0 aliphatic rings. The molecule has 1 aromatic heterocycles. The Balaban J connectivity index is 2.75. The zero-order valence-corrected chi connectivity index (χ0v) is 13.4. The molecule has 0 aliphatic carbocycles. The first-order valence-corrected chi connectivity index (χ1v) is 7.70. The minimum atomic E-state index is 0.601. The smallest absolute Gasteiger partial charge is 0.0170 e. The third-order valence-corrected chi connectivity index (χ3v) is 4.03. The molecule has 0 amide bonds. The Labute approximate surface area is 116 Å². The molecular weight excluding hydrogens is 238 g/mol. The van der Waals surface area contributed by atoms with E-state index in [9.17, 15) is 0 Å². The van der Waals surface area contributed by atoms with Gasteiger partial charge in [0.1, 0.15) is 0 Å². The maximum absolute atomic E-state index is 3.55. The summed E-state index contributed by atoms with van der Waals surface area (Å²) in [6.07, 6.45) is 2.37. The van der Waals surface area contributed by atoms with Crippen molar-refractivity contribution in [3.05, 3.63) is 27.0 Å². The number of hydrogen-bond acceptors (Lipinski definition) is 2. The average Bonchev–Trinajstić information content (AvgIpc) is 2.55. The summed E-state index contributed by atoms with van der Waals surface area (Å²) in [5.41, 5.74) is 2.89. The summed E-state index contributed by atoms with van der Waals surface area (Å²) in [5, 5.41) is 3.55. The van der Waals surface area contributed by atoms with E-state index in [1.165, 1.54) is 20.9 Å². The molecule has 0 saturated heterocycles. The highest BCUT2D eigenvalue weighted by atomic mass is 32.1. The van der Waals surface area contributed by atoms with Crippen LogP contribution in [0.2, 0.25) is 0 Å². The molecule has 0 aliphatic heterocycles. The summed E-state index contributed by atoms with van der Waals surface area (Å²) < 4.78 is 0. The maximum Gasteiger partial charge on any atom is 0.0170 e. The minimum Gasteiger partial charge on any atom is -0.313 e. The summed E-state index contributed by atoms with van der Waals surface area (Å²) in [6.45, 7) is 15.5. The van der Waals surface area contributed by atoms with Crippen molar-refractivity contribution in [1.82, 2.24) is 5.32 Å². The molecule has 18 heavy (non-hydrogen) atoms. The summed E-state index contributed by atoms with van der Waals surface area (Å²) >= 11 is 1.89. The highest BCUT2D eigenvalue weighted by Gasteiger charge is 2.06. The quantitative estimate of drug-likeness (QED) is 0.789. The Kier molecular flexibility index (Phi) is 6.10. The fraction of sp³-hybridized carbons (Fsp3) is 0.625. The molecule has 0 radical (unpaired) electrons. The van der Waals surface area contributed by atoms with Crippen LogP contribution in [0.25, 0.3) is 6.08 Å². The van der Waals surface area contributed by atoms with E-state index in [-0.39, 0.29) is 0 Å². The van der Waals surface area contributed by atoms with E-state index < -0.39 is 0 Å². The molecule has 1 aromatic rings. The number of aryl methyl sites for hydroxylation is 2. The number of nitrogens with one attached hydrogen (secondary N) is 1. The SMILES string of the molecule is Cc1cc(C=C(CNCC(C)C)C(C)C)c(C)s1. The van der Waals surface area contributed by atoms with E-state index in [2.05, 4.69) is 59.0 Å². The standard InChI is InChI=1S/C16H27NS/c1-11(2)9-17-10-16(12(3)4)8-15-7-13(5)18-14(15)6/h7-8,11-12,17H,9-10H2,1-6H3. The van der Waals surface area contributed by atoms with Gasteiger partial charge in [0.05, 0.1) is 0 Å². The van der Waals surface area contributed by atoms with E-state index in [0.717, 1.165) is 13.1 Å². The van der Waals surface area contributed by atoms with Gasteiger partial charge < -0.3 is 5.32 Å². The second kappa shape index (κ2) is 7.10. The van der Waals surface area contributed by atoms with Crippen molar-refractivity contribution in [2.75, 3.05) is 13.1 Å². The molecule has 1 heterocycles. The third kappa shape index (κ3) is 4.95. The monoisotopic (exact) mass is 265 g/mol. The summed E-state index contributed by atoms with van der Waals surface area (Å²) in [4.78, 5) is 2.83. The van der Waals surface area contributed by atoms with E-state index in [4.69, 9.17) is 0 Å². The van der Waals surface area contributed by atoms with E-state index in [0.29, 0.717) is 11.8 Å². The van der Waals surface area contributed by atoms with Crippen LogP contribution in [-0.4, -0.2) is 13.1 Å². The van der Waals surface area contributed by atoms with Crippen molar-refractivity contribution in [2.45, 2.75) is 41.5 Å². The summed E-state index contributed by atoms with van der Waals surface area (Å²) in [6, 6.07) is 2.30.